The monoisotopic (exact) mass is 300 g/mol. The first-order chi connectivity index (χ1) is 9.85. The first kappa shape index (κ1) is 17.3. The van der Waals surface area contributed by atoms with Crippen LogP contribution in [0.2, 0.25) is 0 Å². The summed E-state index contributed by atoms with van der Waals surface area (Å²) in [6.07, 6.45) is 2.20. The molecule has 0 aromatic rings. The lowest BCUT2D eigenvalue weighted by Crippen LogP contribution is -2.57. The minimum Gasteiger partial charge on any atom is -0.480 e. The Morgan fingerprint density at radius 1 is 1.38 bits per heavy atom. The van der Waals surface area contributed by atoms with Crippen LogP contribution in [0.3, 0.4) is 0 Å². The van der Waals surface area contributed by atoms with E-state index < -0.39 is 29.6 Å². The van der Waals surface area contributed by atoms with Crippen molar-refractivity contribution in [1.29, 1.82) is 0 Å². The normalized spacial score (nSPS) is 20.7. The number of carboxylic acid groups (broad SMARTS) is 1. The van der Waals surface area contributed by atoms with Crippen LogP contribution in [-0.4, -0.2) is 52.7 Å². The summed E-state index contributed by atoms with van der Waals surface area (Å²) < 4.78 is 4.95. The smallest absolute Gasteiger partial charge is 0.329 e. The van der Waals surface area contributed by atoms with Crippen LogP contribution >= 0.6 is 0 Å². The van der Waals surface area contributed by atoms with Crippen molar-refractivity contribution in [3.05, 3.63) is 0 Å². The average molecular weight is 300 g/mol. The summed E-state index contributed by atoms with van der Waals surface area (Å²) >= 11 is 0. The van der Waals surface area contributed by atoms with Gasteiger partial charge in [-0.05, 0) is 33.1 Å². The van der Waals surface area contributed by atoms with Crippen LogP contribution in [0.4, 0.5) is 4.79 Å². The van der Waals surface area contributed by atoms with Crippen molar-refractivity contribution < 1.29 is 24.2 Å². The maximum atomic E-state index is 12.3. The molecule has 0 aromatic carbocycles. The summed E-state index contributed by atoms with van der Waals surface area (Å²) in [6.45, 7) is 5.72. The summed E-state index contributed by atoms with van der Waals surface area (Å²) in [5, 5.41) is 11.8. The van der Waals surface area contributed by atoms with E-state index in [0.717, 1.165) is 0 Å². The molecule has 21 heavy (non-hydrogen) atoms. The maximum Gasteiger partial charge on any atom is 0.329 e. The highest BCUT2D eigenvalue weighted by molar-refractivity contribution is 5.89. The van der Waals surface area contributed by atoms with E-state index in [-0.39, 0.29) is 6.61 Å². The van der Waals surface area contributed by atoms with E-state index in [2.05, 4.69) is 5.32 Å². The zero-order valence-corrected chi connectivity index (χ0v) is 12.8. The van der Waals surface area contributed by atoms with Crippen LogP contribution in [0.15, 0.2) is 0 Å². The van der Waals surface area contributed by atoms with Crippen LogP contribution in [0.5, 0.6) is 0 Å². The standard InChI is InChI=1S/C14H24N2O5/c1-4-8-14(3,12(18)19)15-13(20)16-9-6-7-10(16)11(17)21-5-2/h10H,4-9H2,1-3H3,(H,15,20)(H,18,19). The number of carbonyl (C=O) groups is 3. The van der Waals surface area contributed by atoms with Gasteiger partial charge in [0.2, 0.25) is 0 Å². The number of carbonyl (C=O) groups excluding carboxylic acids is 2. The fourth-order valence-corrected chi connectivity index (χ4v) is 2.52. The fraction of sp³-hybridized carbons (Fsp3) is 0.786. The third-order valence-corrected chi connectivity index (χ3v) is 3.68. The molecular formula is C14H24N2O5. The van der Waals surface area contributed by atoms with E-state index in [1.165, 1.54) is 11.8 Å². The molecule has 1 aliphatic rings. The van der Waals surface area contributed by atoms with Crippen molar-refractivity contribution in [1.82, 2.24) is 10.2 Å². The molecule has 7 nitrogen and oxygen atoms in total. The number of esters is 1. The van der Waals surface area contributed by atoms with E-state index in [4.69, 9.17) is 4.74 Å². The van der Waals surface area contributed by atoms with Crippen LogP contribution in [0.25, 0.3) is 0 Å². The maximum absolute atomic E-state index is 12.3. The number of nitrogens with zero attached hydrogens (tertiary/aromatic N) is 1. The van der Waals surface area contributed by atoms with Crippen molar-refractivity contribution in [3.8, 4) is 0 Å². The van der Waals surface area contributed by atoms with Crippen molar-refractivity contribution >= 4 is 18.0 Å². The third kappa shape index (κ3) is 4.09. The summed E-state index contributed by atoms with van der Waals surface area (Å²) in [6, 6.07) is -1.14. The molecule has 0 saturated carbocycles. The van der Waals surface area contributed by atoms with E-state index in [9.17, 15) is 19.5 Å². The van der Waals surface area contributed by atoms with Crippen LogP contribution in [0.1, 0.15) is 46.5 Å². The summed E-state index contributed by atoms with van der Waals surface area (Å²) in [5.74, 6) is -1.51. The zero-order chi connectivity index (χ0) is 16.0. The van der Waals surface area contributed by atoms with E-state index in [0.29, 0.717) is 32.2 Å². The summed E-state index contributed by atoms with van der Waals surface area (Å²) in [7, 11) is 0. The molecule has 0 aliphatic carbocycles. The Morgan fingerprint density at radius 2 is 2.05 bits per heavy atom. The lowest BCUT2D eigenvalue weighted by atomic mass is 9.96. The zero-order valence-electron chi connectivity index (χ0n) is 12.8. The van der Waals surface area contributed by atoms with Crippen LogP contribution < -0.4 is 5.32 Å². The van der Waals surface area contributed by atoms with Gasteiger partial charge in [-0.1, -0.05) is 13.3 Å². The van der Waals surface area contributed by atoms with Gasteiger partial charge in [0.25, 0.3) is 0 Å². The predicted molar refractivity (Wildman–Crippen MR) is 75.8 cm³/mol. The second-order valence-electron chi connectivity index (χ2n) is 5.42. The largest absolute Gasteiger partial charge is 0.480 e. The second kappa shape index (κ2) is 7.28. The fourth-order valence-electron chi connectivity index (χ4n) is 2.52. The minimum absolute atomic E-state index is 0.257. The molecule has 0 bridgehead atoms. The quantitative estimate of drug-likeness (QED) is 0.722. The Balaban J connectivity index is 2.77. The Hall–Kier alpha value is -1.79. The molecule has 1 fully saturated rings. The predicted octanol–water partition coefficient (Wildman–Crippen LogP) is 1.37. The molecule has 1 rings (SSSR count). The number of likely N-dealkylation sites (tertiary alicyclic amines) is 1. The van der Waals surface area contributed by atoms with Gasteiger partial charge >= 0.3 is 18.0 Å². The van der Waals surface area contributed by atoms with Gasteiger partial charge in [-0.3, -0.25) is 0 Å². The summed E-state index contributed by atoms with van der Waals surface area (Å²) in [4.78, 5) is 36.9. The van der Waals surface area contributed by atoms with Crippen LogP contribution in [0, 0.1) is 0 Å². The van der Waals surface area contributed by atoms with Crippen molar-refractivity contribution in [2.24, 2.45) is 0 Å². The SMILES string of the molecule is CCCC(C)(NC(=O)N1CCCC1C(=O)OCC)C(=O)O. The Kier molecular flexibility index (Phi) is 5.99. The molecule has 2 unspecified atom stereocenters. The van der Waals surface area contributed by atoms with E-state index in [1.54, 1.807) is 6.92 Å². The Morgan fingerprint density at radius 3 is 2.57 bits per heavy atom. The highest BCUT2D eigenvalue weighted by Crippen LogP contribution is 2.20. The molecule has 120 valence electrons. The average Bonchev–Trinajstić information content (AvgIpc) is 2.88. The number of hydrogen-bond donors (Lipinski definition) is 2. The van der Waals surface area contributed by atoms with Crippen molar-refractivity contribution in [2.75, 3.05) is 13.2 Å². The lowest BCUT2D eigenvalue weighted by molar-refractivity contribution is -0.147. The van der Waals surface area contributed by atoms with Gasteiger partial charge in [-0.25, -0.2) is 14.4 Å². The Bertz CT molecular complexity index is 412. The van der Waals surface area contributed by atoms with Crippen molar-refractivity contribution in [3.63, 3.8) is 0 Å². The molecule has 0 spiro atoms. The molecule has 2 N–H and O–H groups in total. The molecule has 0 radical (unpaired) electrons. The summed E-state index contributed by atoms with van der Waals surface area (Å²) in [5.41, 5.74) is -1.33. The van der Waals surface area contributed by atoms with Gasteiger partial charge in [0.15, 0.2) is 0 Å². The van der Waals surface area contributed by atoms with Gasteiger partial charge < -0.3 is 20.1 Å². The highest BCUT2D eigenvalue weighted by atomic mass is 16.5. The van der Waals surface area contributed by atoms with E-state index >= 15 is 0 Å². The minimum atomic E-state index is -1.33. The van der Waals surface area contributed by atoms with Gasteiger partial charge in [-0.15, -0.1) is 0 Å². The van der Waals surface area contributed by atoms with Crippen LogP contribution in [-0.2, 0) is 14.3 Å². The first-order valence-corrected chi connectivity index (χ1v) is 7.34. The lowest BCUT2D eigenvalue weighted by Gasteiger charge is -2.30. The highest BCUT2D eigenvalue weighted by Gasteiger charge is 2.40. The molecule has 1 saturated heterocycles. The molecule has 1 heterocycles. The number of carboxylic acids is 1. The number of rotatable bonds is 6. The number of urea groups is 1. The Labute approximate surface area is 124 Å². The number of hydrogen-bond acceptors (Lipinski definition) is 4. The number of amides is 2. The molecule has 2 atom stereocenters. The second-order valence-corrected chi connectivity index (χ2v) is 5.42. The van der Waals surface area contributed by atoms with E-state index in [1.807, 2.05) is 6.92 Å². The van der Waals surface area contributed by atoms with Gasteiger partial charge in [0, 0.05) is 6.54 Å². The first-order valence-electron chi connectivity index (χ1n) is 7.34. The molecule has 1 aliphatic heterocycles. The third-order valence-electron chi connectivity index (χ3n) is 3.68. The number of nitrogens with one attached hydrogen (secondary N) is 1. The number of ether oxygens (including phenoxy) is 1. The van der Waals surface area contributed by atoms with Gasteiger partial charge in [-0.2, -0.15) is 0 Å². The number of aliphatic carboxylic acids is 1. The molecular weight excluding hydrogens is 276 g/mol. The van der Waals surface area contributed by atoms with Gasteiger partial charge in [0.05, 0.1) is 6.61 Å². The van der Waals surface area contributed by atoms with Gasteiger partial charge in [0.1, 0.15) is 11.6 Å². The molecule has 7 heteroatoms. The molecule has 2 amide bonds. The molecule has 0 aromatic heterocycles. The topological polar surface area (TPSA) is 95.9 Å². The van der Waals surface area contributed by atoms with Crippen molar-refractivity contribution in [2.45, 2.75) is 58.0 Å².